The number of carbonyl (C=O) groups excluding carboxylic acids is 2. The van der Waals surface area contributed by atoms with Crippen LogP contribution in [0.15, 0.2) is 46.9 Å². The van der Waals surface area contributed by atoms with Crippen molar-refractivity contribution in [1.29, 1.82) is 0 Å². The topological polar surface area (TPSA) is 42.3 Å². The number of hydrogen-bond donors (Lipinski definition) is 0. The number of nitrogens with zero attached hydrogens (tertiary/aromatic N) is 2. The van der Waals surface area contributed by atoms with Crippen LogP contribution in [0.3, 0.4) is 0 Å². The minimum atomic E-state index is -4.97. The molecule has 0 N–H and O–H groups in total. The molecule has 150 valence electrons. The Hall–Kier alpha value is -2.32. The van der Waals surface area contributed by atoms with Crippen LogP contribution in [0.5, 0.6) is 0 Å². The molecule has 0 radical (unpaired) electrons. The molecule has 0 aliphatic carbocycles. The molecule has 4 nitrogen and oxygen atoms in total. The highest BCUT2D eigenvalue weighted by Gasteiger charge is 2.44. The van der Waals surface area contributed by atoms with Gasteiger partial charge in [0, 0.05) is 27.1 Å². The molecular formula is C20H13BrClF3N2O2. The molecule has 0 atom stereocenters. The number of amides is 1. The van der Waals surface area contributed by atoms with E-state index in [1.807, 2.05) is 0 Å². The molecule has 1 aliphatic rings. The largest absolute Gasteiger partial charge is 0.471 e. The molecule has 0 unspecified atom stereocenters. The van der Waals surface area contributed by atoms with Crippen LogP contribution in [-0.2, 0) is 17.8 Å². The standard InChI is InChI=1S/C20H13BrClF3N2O2/c21-15-4-2-1-3-13(15)18(28)27-16-6-5-11(22)9-14(16)12-7-8-26(10-17(12)27)19(29)20(23,24)25/h1-6,9H,7-8,10H2. The maximum absolute atomic E-state index is 13.3. The van der Waals surface area contributed by atoms with Gasteiger partial charge >= 0.3 is 12.1 Å². The number of aromatic nitrogens is 1. The molecule has 1 aliphatic heterocycles. The monoisotopic (exact) mass is 484 g/mol. The van der Waals surface area contributed by atoms with Crippen LogP contribution in [0.4, 0.5) is 13.2 Å². The summed E-state index contributed by atoms with van der Waals surface area (Å²) in [6.07, 6.45) is -4.77. The lowest BCUT2D eigenvalue weighted by Crippen LogP contribution is -2.44. The van der Waals surface area contributed by atoms with Crippen molar-refractivity contribution in [3.8, 4) is 0 Å². The van der Waals surface area contributed by atoms with E-state index in [1.165, 1.54) is 4.57 Å². The van der Waals surface area contributed by atoms with Gasteiger partial charge in [0.15, 0.2) is 0 Å². The van der Waals surface area contributed by atoms with E-state index < -0.39 is 18.0 Å². The second-order valence-corrected chi connectivity index (χ2v) is 7.97. The number of fused-ring (bicyclic) bond motifs is 3. The predicted molar refractivity (Wildman–Crippen MR) is 106 cm³/mol. The van der Waals surface area contributed by atoms with Gasteiger partial charge in [-0.3, -0.25) is 14.2 Å². The minimum Gasteiger partial charge on any atom is -0.329 e. The van der Waals surface area contributed by atoms with Crippen LogP contribution in [0.1, 0.15) is 21.6 Å². The van der Waals surface area contributed by atoms with Crippen molar-refractivity contribution < 1.29 is 22.8 Å². The van der Waals surface area contributed by atoms with Crippen LogP contribution in [0, 0.1) is 0 Å². The Morgan fingerprint density at radius 3 is 2.52 bits per heavy atom. The van der Waals surface area contributed by atoms with E-state index in [0.29, 0.717) is 31.7 Å². The number of benzene rings is 2. The molecule has 2 heterocycles. The van der Waals surface area contributed by atoms with Gasteiger partial charge in [0.25, 0.3) is 5.91 Å². The van der Waals surface area contributed by atoms with Gasteiger partial charge in [0.1, 0.15) is 0 Å². The quantitative estimate of drug-likeness (QED) is 0.476. The molecule has 29 heavy (non-hydrogen) atoms. The lowest BCUT2D eigenvalue weighted by Gasteiger charge is -2.29. The molecule has 0 saturated carbocycles. The van der Waals surface area contributed by atoms with Crippen LogP contribution in [-0.4, -0.2) is 34.0 Å². The summed E-state index contributed by atoms with van der Waals surface area (Å²) in [7, 11) is 0. The second kappa shape index (κ2) is 7.18. The van der Waals surface area contributed by atoms with E-state index in [2.05, 4.69) is 15.9 Å². The third-order valence-corrected chi connectivity index (χ3v) is 5.88. The van der Waals surface area contributed by atoms with Gasteiger partial charge in [-0.2, -0.15) is 13.2 Å². The zero-order valence-corrected chi connectivity index (χ0v) is 17.1. The molecule has 0 saturated heterocycles. The summed E-state index contributed by atoms with van der Waals surface area (Å²) in [6.45, 7) is -0.392. The summed E-state index contributed by atoms with van der Waals surface area (Å²) in [5.74, 6) is -2.31. The lowest BCUT2D eigenvalue weighted by atomic mass is 10.0. The average Bonchev–Trinajstić information content (AvgIpc) is 2.99. The first-order valence-electron chi connectivity index (χ1n) is 8.65. The minimum absolute atomic E-state index is 0.0831. The van der Waals surface area contributed by atoms with Crippen LogP contribution >= 0.6 is 27.5 Å². The van der Waals surface area contributed by atoms with Crippen LogP contribution < -0.4 is 0 Å². The molecule has 3 aromatic rings. The van der Waals surface area contributed by atoms with Gasteiger partial charge in [-0.15, -0.1) is 0 Å². The van der Waals surface area contributed by atoms with Crippen molar-refractivity contribution in [3.05, 3.63) is 68.8 Å². The summed E-state index contributed by atoms with van der Waals surface area (Å²) in [5, 5.41) is 1.16. The van der Waals surface area contributed by atoms with Crippen molar-refractivity contribution in [2.45, 2.75) is 19.1 Å². The van der Waals surface area contributed by atoms with Crippen molar-refractivity contribution in [3.63, 3.8) is 0 Å². The Bertz CT molecular complexity index is 1160. The van der Waals surface area contributed by atoms with Crippen molar-refractivity contribution >= 4 is 50.2 Å². The molecular weight excluding hydrogens is 473 g/mol. The maximum atomic E-state index is 13.3. The first-order valence-corrected chi connectivity index (χ1v) is 9.82. The van der Waals surface area contributed by atoms with E-state index in [1.54, 1.807) is 42.5 Å². The first-order chi connectivity index (χ1) is 13.7. The molecule has 0 bridgehead atoms. The zero-order chi connectivity index (χ0) is 20.9. The van der Waals surface area contributed by atoms with Crippen LogP contribution in [0.25, 0.3) is 10.9 Å². The molecule has 0 fully saturated rings. The third kappa shape index (κ3) is 3.44. The molecule has 4 rings (SSSR count). The maximum Gasteiger partial charge on any atom is 0.471 e. The van der Waals surface area contributed by atoms with E-state index >= 15 is 0 Å². The van der Waals surface area contributed by atoms with Crippen molar-refractivity contribution in [2.24, 2.45) is 0 Å². The first kappa shape index (κ1) is 20.0. The van der Waals surface area contributed by atoms with Crippen LogP contribution in [0.2, 0.25) is 5.02 Å². The molecule has 0 spiro atoms. The SMILES string of the molecule is O=C(c1ccccc1Br)n1c2c(c3cc(Cl)ccc31)CCN(C(=O)C(F)(F)F)C2. The van der Waals surface area contributed by atoms with E-state index in [4.69, 9.17) is 11.6 Å². The number of alkyl halides is 3. The third-order valence-electron chi connectivity index (χ3n) is 4.95. The highest BCUT2D eigenvalue weighted by atomic mass is 79.9. The van der Waals surface area contributed by atoms with Crippen molar-refractivity contribution in [2.75, 3.05) is 6.54 Å². The molecule has 2 aromatic carbocycles. The van der Waals surface area contributed by atoms with Gasteiger partial charge in [-0.05, 0) is 58.2 Å². The molecule has 9 heteroatoms. The van der Waals surface area contributed by atoms with E-state index in [9.17, 15) is 22.8 Å². The van der Waals surface area contributed by atoms with Gasteiger partial charge in [0.05, 0.1) is 17.6 Å². The van der Waals surface area contributed by atoms with E-state index in [0.717, 1.165) is 10.5 Å². The summed E-state index contributed by atoms with van der Waals surface area (Å²) in [6, 6.07) is 11.8. The summed E-state index contributed by atoms with van der Waals surface area (Å²) in [5.41, 5.74) is 2.00. The number of carbonyl (C=O) groups is 2. The highest BCUT2D eigenvalue weighted by Crippen LogP contribution is 2.35. The van der Waals surface area contributed by atoms with Crippen molar-refractivity contribution in [1.82, 2.24) is 9.47 Å². The predicted octanol–water partition coefficient (Wildman–Crippen LogP) is 5.19. The number of hydrogen-bond acceptors (Lipinski definition) is 2. The molecule has 1 amide bonds. The van der Waals surface area contributed by atoms with Gasteiger partial charge < -0.3 is 4.90 Å². The fourth-order valence-corrected chi connectivity index (χ4v) is 4.30. The van der Waals surface area contributed by atoms with Gasteiger partial charge in [-0.1, -0.05) is 23.7 Å². The Labute approximate surface area is 177 Å². The summed E-state index contributed by atoms with van der Waals surface area (Å²) in [4.78, 5) is 25.9. The smallest absolute Gasteiger partial charge is 0.329 e. The van der Waals surface area contributed by atoms with Gasteiger partial charge in [-0.25, -0.2) is 0 Å². The Balaban J connectivity index is 1.90. The normalized spacial score (nSPS) is 14.2. The number of rotatable bonds is 1. The number of halogens is 5. The average molecular weight is 486 g/mol. The summed E-state index contributed by atoms with van der Waals surface area (Å²) < 4.78 is 40.8. The zero-order valence-electron chi connectivity index (χ0n) is 14.8. The Kier molecular flexibility index (Phi) is 4.94. The summed E-state index contributed by atoms with van der Waals surface area (Å²) >= 11 is 9.46. The highest BCUT2D eigenvalue weighted by molar-refractivity contribution is 9.10. The second-order valence-electron chi connectivity index (χ2n) is 6.68. The Morgan fingerprint density at radius 2 is 1.83 bits per heavy atom. The van der Waals surface area contributed by atoms with Gasteiger partial charge in [0.2, 0.25) is 0 Å². The van der Waals surface area contributed by atoms with E-state index in [-0.39, 0.29) is 19.5 Å². The lowest BCUT2D eigenvalue weighted by molar-refractivity contribution is -0.186. The fraction of sp³-hybridized carbons (Fsp3) is 0.200. The molecule has 1 aromatic heterocycles. The fourth-order valence-electron chi connectivity index (χ4n) is 3.67. The Morgan fingerprint density at radius 1 is 1.10 bits per heavy atom.